The molecule has 1 aliphatic heterocycles. The standard InChI is InChI=1S/C22H20FNO5/c1-3-28-15-6-4-5-13(11-15)19-18-20(25)16-12-14(23)7-8-17(16)29-21(18)22(26)24(19)9-10-27-2/h4-8,11-12,19H,3,9-10H2,1-2H3/t19-/m1/s1. The van der Waals surface area contributed by atoms with E-state index >= 15 is 0 Å². The highest BCUT2D eigenvalue weighted by Crippen LogP contribution is 2.38. The Hall–Kier alpha value is -3.19. The molecule has 1 amide bonds. The summed E-state index contributed by atoms with van der Waals surface area (Å²) < 4.78 is 30.2. The molecule has 29 heavy (non-hydrogen) atoms. The number of hydrogen-bond acceptors (Lipinski definition) is 5. The predicted molar refractivity (Wildman–Crippen MR) is 105 cm³/mol. The number of rotatable bonds is 6. The van der Waals surface area contributed by atoms with Gasteiger partial charge in [0, 0.05) is 13.7 Å². The lowest BCUT2D eigenvalue weighted by Gasteiger charge is -2.25. The first-order valence-electron chi connectivity index (χ1n) is 9.34. The van der Waals surface area contributed by atoms with Gasteiger partial charge in [0.15, 0.2) is 5.43 Å². The minimum atomic E-state index is -0.669. The summed E-state index contributed by atoms with van der Waals surface area (Å²) in [5.41, 5.74) is 0.680. The van der Waals surface area contributed by atoms with E-state index in [9.17, 15) is 14.0 Å². The van der Waals surface area contributed by atoms with Gasteiger partial charge in [-0.05, 0) is 42.8 Å². The van der Waals surface area contributed by atoms with Crippen LogP contribution in [0, 0.1) is 5.82 Å². The van der Waals surface area contributed by atoms with Crippen molar-refractivity contribution in [3.8, 4) is 5.75 Å². The van der Waals surface area contributed by atoms with Crippen molar-refractivity contribution in [2.75, 3.05) is 26.9 Å². The number of ether oxygens (including phenoxy) is 2. The molecule has 1 atom stereocenters. The Morgan fingerprint density at radius 1 is 1.17 bits per heavy atom. The van der Waals surface area contributed by atoms with E-state index in [2.05, 4.69) is 0 Å². The van der Waals surface area contributed by atoms with Gasteiger partial charge in [0.1, 0.15) is 17.1 Å². The normalized spacial score (nSPS) is 15.8. The Bertz CT molecular complexity index is 1140. The number of hydrogen-bond donors (Lipinski definition) is 0. The Balaban J connectivity index is 1.94. The molecule has 0 unspecified atom stereocenters. The Labute approximate surface area is 166 Å². The summed E-state index contributed by atoms with van der Waals surface area (Å²) in [7, 11) is 1.54. The zero-order valence-electron chi connectivity index (χ0n) is 16.1. The highest BCUT2D eigenvalue weighted by molar-refractivity contribution is 5.99. The van der Waals surface area contributed by atoms with Crippen LogP contribution in [0.4, 0.5) is 4.39 Å². The summed E-state index contributed by atoms with van der Waals surface area (Å²) in [6.45, 7) is 2.93. The topological polar surface area (TPSA) is 69.0 Å². The Morgan fingerprint density at radius 3 is 2.76 bits per heavy atom. The third-order valence-electron chi connectivity index (χ3n) is 4.95. The van der Waals surface area contributed by atoms with E-state index in [0.29, 0.717) is 24.5 Å². The second-order valence-corrected chi connectivity index (χ2v) is 6.71. The smallest absolute Gasteiger partial charge is 0.290 e. The van der Waals surface area contributed by atoms with Crippen LogP contribution in [0.15, 0.2) is 51.7 Å². The quantitative estimate of drug-likeness (QED) is 0.637. The van der Waals surface area contributed by atoms with Crippen LogP contribution in [0.5, 0.6) is 5.75 Å². The Kier molecular flexibility index (Phi) is 5.07. The molecule has 0 N–H and O–H groups in total. The maximum Gasteiger partial charge on any atom is 0.290 e. The van der Waals surface area contributed by atoms with Crippen molar-refractivity contribution < 1.29 is 23.1 Å². The van der Waals surface area contributed by atoms with Gasteiger partial charge in [-0.2, -0.15) is 0 Å². The first-order chi connectivity index (χ1) is 14.0. The summed E-state index contributed by atoms with van der Waals surface area (Å²) in [6, 6.07) is 10.3. The first kappa shape index (κ1) is 19.1. The molecule has 0 aliphatic carbocycles. The van der Waals surface area contributed by atoms with Gasteiger partial charge in [-0.3, -0.25) is 9.59 Å². The molecule has 0 saturated heterocycles. The van der Waals surface area contributed by atoms with E-state index in [1.165, 1.54) is 12.1 Å². The summed E-state index contributed by atoms with van der Waals surface area (Å²) in [4.78, 5) is 27.9. The maximum absolute atomic E-state index is 13.8. The van der Waals surface area contributed by atoms with E-state index in [1.807, 2.05) is 19.1 Å². The molecule has 3 aromatic rings. The number of amides is 1. The molecule has 0 saturated carbocycles. The molecule has 0 spiro atoms. The SMILES string of the molecule is CCOc1cccc([C@@H]2c3c(oc4ccc(F)cc4c3=O)C(=O)N2CCOC)c1. The van der Waals surface area contributed by atoms with Crippen LogP contribution in [0.2, 0.25) is 0 Å². The average molecular weight is 397 g/mol. The number of halogens is 1. The molecule has 2 heterocycles. The van der Waals surface area contributed by atoms with E-state index < -0.39 is 23.2 Å². The number of carbonyl (C=O) groups is 1. The van der Waals surface area contributed by atoms with Gasteiger partial charge in [0.05, 0.1) is 30.2 Å². The van der Waals surface area contributed by atoms with Gasteiger partial charge in [-0.25, -0.2) is 4.39 Å². The van der Waals surface area contributed by atoms with Crippen LogP contribution in [0.25, 0.3) is 11.0 Å². The minimum absolute atomic E-state index is 0.0166. The van der Waals surface area contributed by atoms with E-state index in [0.717, 1.165) is 6.07 Å². The summed E-state index contributed by atoms with van der Waals surface area (Å²) in [5.74, 6) is -0.321. The van der Waals surface area contributed by atoms with Gasteiger partial charge in [0.25, 0.3) is 5.91 Å². The highest BCUT2D eigenvalue weighted by atomic mass is 19.1. The molecule has 1 aliphatic rings. The van der Waals surface area contributed by atoms with Crippen molar-refractivity contribution in [2.24, 2.45) is 0 Å². The fraction of sp³-hybridized carbons (Fsp3) is 0.273. The molecular weight excluding hydrogens is 377 g/mol. The van der Waals surface area contributed by atoms with E-state index in [-0.39, 0.29) is 28.8 Å². The second-order valence-electron chi connectivity index (χ2n) is 6.71. The van der Waals surface area contributed by atoms with Crippen molar-refractivity contribution in [2.45, 2.75) is 13.0 Å². The van der Waals surface area contributed by atoms with E-state index in [1.54, 1.807) is 24.1 Å². The lowest BCUT2D eigenvalue weighted by atomic mass is 9.98. The predicted octanol–water partition coefficient (Wildman–Crippen LogP) is 3.52. The molecule has 4 rings (SSSR count). The summed E-state index contributed by atoms with van der Waals surface area (Å²) in [5, 5.41) is 0.108. The van der Waals surface area contributed by atoms with Crippen LogP contribution in [-0.2, 0) is 4.74 Å². The monoisotopic (exact) mass is 397 g/mol. The molecule has 150 valence electrons. The Morgan fingerprint density at radius 2 is 2.00 bits per heavy atom. The van der Waals surface area contributed by atoms with Crippen molar-refractivity contribution in [3.05, 3.63) is 75.4 Å². The number of nitrogens with zero attached hydrogens (tertiary/aromatic N) is 1. The molecule has 1 aromatic heterocycles. The molecule has 0 bridgehead atoms. The third kappa shape index (κ3) is 3.27. The fourth-order valence-electron chi connectivity index (χ4n) is 3.70. The molecule has 0 fully saturated rings. The fourth-order valence-corrected chi connectivity index (χ4v) is 3.70. The molecular formula is C22H20FNO5. The van der Waals surface area contributed by atoms with Crippen LogP contribution in [0.1, 0.15) is 34.6 Å². The summed E-state index contributed by atoms with van der Waals surface area (Å²) in [6.07, 6.45) is 0. The molecule has 0 radical (unpaired) electrons. The maximum atomic E-state index is 13.8. The first-order valence-corrected chi connectivity index (χ1v) is 9.34. The van der Waals surface area contributed by atoms with Gasteiger partial charge in [-0.1, -0.05) is 12.1 Å². The van der Waals surface area contributed by atoms with E-state index in [4.69, 9.17) is 13.9 Å². The second kappa shape index (κ2) is 7.67. The van der Waals surface area contributed by atoms with Gasteiger partial charge < -0.3 is 18.8 Å². The van der Waals surface area contributed by atoms with Gasteiger partial charge in [0.2, 0.25) is 5.76 Å². The van der Waals surface area contributed by atoms with Gasteiger partial charge in [-0.15, -0.1) is 0 Å². The van der Waals surface area contributed by atoms with Crippen LogP contribution in [0.3, 0.4) is 0 Å². The number of methoxy groups -OCH3 is 1. The third-order valence-corrected chi connectivity index (χ3v) is 4.95. The van der Waals surface area contributed by atoms with Crippen LogP contribution >= 0.6 is 0 Å². The highest BCUT2D eigenvalue weighted by Gasteiger charge is 2.42. The van der Waals surface area contributed by atoms with Crippen LogP contribution < -0.4 is 10.2 Å². The lowest BCUT2D eigenvalue weighted by Crippen LogP contribution is -2.32. The lowest BCUT2D eigenvalue weighted by molar-refractivity contribution is 0.0663. The minimum Gasteiger partial charge on any atom is -0.494 e. The van der Waals surface area contributed by atoms with Crippen molar-refractivity contribution >= 4 is 16.9 Å². The molecule has 7 heteroatoms. The van der Waals surface area contributed by atoms with Crippen molar-refractivity contribution in [1.29, 1.82) is 0 Å². The van der Waals surface area contributed by atoms with Crippen molar-refractivity contribution in [1.82, 2.24) is 4.90 Å². The molecule has 2 aromatic carbocycles. The zero-order valence-corrected chi connectivity index (χ0v) is 16.1. The number of benzene rings is 2. The zero-order chi connectivity index (χ0) is 20.5. The largest absolute Gasteiger partial charge is 0.494 e. The average Bonchev–Trinajstić information content (AvgIpc) is 3.00. The summed E-state index contributed by atoms with van der Waals surface area (Å²) >= 11 is 0. The van der Waals surface area contributed by atoms with Crippen LogP contribution in [-0.4, -0.2) is 37.7 Å². The number of carbonyl (C=O) groups excluding carboxylic acids is 1. The van der Waals surface area contributed by atoms with Crippen molar-refractivity contribution in [3.63, 3.8) is 0 Å². The number of fused-ring (bicyclic) bond motifs is 2. The van der Waals surface area contributed by atoms with Gasteiger partial charge >= 0.3 is 0 Å². The molecule has 6 nitrogen and oxygen atoms in total.